The summed E-state index contributed by atoms with van der Waals surface area (Å²) in [6, 6.07) is 0.665. The summed E-state index contributed by atoms with van der Waals surface area (Å²) < 4.78 is 0. The molecule has 1 atom stereocenters. The molecular weight excluding hydrogens is 206 g/mol. The Bertz CT molecular complexity index is 218. The van der Waals surface area contributed by atoms with Gasteiger partial charge in [0.05, 0.1) is 0 Å². The van der Waals surface area contributed by atoms with Gasteiger partial charge in [0.15, 0.2) is 0 Å². The second kappa shape index (κ2) is 6.58. The molecule has 1 rings (SSSR count). The highest BCUT2D eigenvalue weighted by Crippen LogP contribution is 2.41. The highest BCUT2D eigenvalue weighted by molar-refractivity contribution is 4.88. The Morgan fingerprint density at radius 2 is 1.82 bits per heavy atom. The van der Waals surface area contributed by atoms with E-state index in [0.29, 0.717) is 11.5 Å². The van der Waals surface area contributed by atoms with E-state index in [4.69, 9.17) is 0 Å². The van der Waals surface area contributed by atoms with E-state index in [9.17, 15) is 0 Å². The first-order chi connectivity index (χ1) is 7.99. The van der Waals surface area contributed by atoms with Crippen LogP contribution in [0.5, 0.6) is 0 Å². The van der Waals surface area contributed by atoms with E-state index in [1.807, 2.05) is 0 Å². The van der Waals surface area contributed by atoms with Crippen molar-refractivity contribution in [1.29, 1.82) is 0 Å². The van der Waals surface area contributed by atoms with Crippen LogP contribution >= 0.6 is 0 Å². The van der Waals surface area contributed by atoms with Crippen LogP contribution in [0.4, 0.5) is 0 Å². The first-order valence-electron chi connectivity index (χ1n) is 7.33. The second-order valence-electron chi connectivity index (χ2n) is 6.67. The monoisotopic (exact) mass is 237 g/mol. The van der Waals surface area contributed by atoms with Crippen LogP contribution in [0.2, 0.25) is 0 Å². The van der Waals surface area contributed by atoms with Crippen molar-refractivity contribution in [2.75, 3.05) is 6.54 Å². The molecule has 1 N–H and O–H groups in total. The molecule has 0 amide bonds. The zero-order chi connectivity index (χ0) is 12.9. The average Bonchev–Trinajstić information content (AvgIpc) is 2.28. The first kappa shape index (κ1) is 14.8. The van der Waals surface area contributed by atoms with Crippen molar-refractivity contribution in [2.24, 2.45) is 17.3 Å². The molecule has 0 bridgehead atoms. The minimum atomic E-state index is 0.497. The van der Waals surface area contributed by atoms with Crippen LogP contribution in [0.1, 0.15) is 59.8 Å². The van der Waals surface area contributed by atoms with Gasteiger partial charge in [-0.05, 0) is 55.9 Å². The maximum Gasteiger partial charge on any atom is 0.0130 e. The topological polar surface area (TPSA) is 12.0 Å². The Morgan fingerprint density at radius 1 is 1.24 bits per heavy atom. The molecule has 0 saturated heterocycles. The van der Waals surface area contributed by atoms with E-state index in [0.717, 1.165) is 24.8 Å². The molecule has 0 aromatic carbocycles. The second-order valence-corrected chi connectivity index (χ2v) is 6.67. The van der Waals surface area contributed by atoms with Crippen LogP contribution in [0.15, 0.2) is 12.7 Å². The summed E-state index contributed by atoms with van der Waals surface area (Å²) in [5, 5.41) is 3.64. The molecule has 1 aliphatic carbocycles. The van der Waals surface area contributed by atoms with Crippen molar-refractivity contribution in [1.82, 2.24) is 5.32 Å². The Hall–Kier alpha value is -0.300. The van der Waals surface area contributed by atoms with Gasteiger partial charge in [0, 0.05) is 6.04 Å². The lowest BCUT2D eigenvalue weighted by Gasteiger charge is -2.39. The molecule has 1 unspecified atom stereocenters. The zero-order valence-electron chi connectivity index (χ0n) is 12.3. The van der Waals surface area contributed by atoms with E-state index < -0.39 is 0 Å². The highest BCUT2D eigenvalue weighted by atomic mass is 14.9. The molecule has 1 heteroatoms. The largest absolute Gasteiger partial charge is 0.314 e. The smallest absolute Gasteiger partial charge is 0.0130 e. The third kappa shape index (κ3) is 4.46. The molecule has 17 heavy (non-hydrogen) atoms. The Labute approximate surface area is 108 Å². The molecule has 1 saturated carbocycles. The molecule has 100 valence electrons. The average molecular weight is 237 g/mol. The van der Waals surface area contributed by atoms with Gasteiger partial charge >= 0.3 is 0 Å². The van der Waals surface area contributed by atoms with Crippen LogP contribution < -0.4 is 5.32 Å². The SMILES string of the molecule is C=CCC(NCC)C1CCC(C(C)(C)C)CC1. The number of nitrogens with one attached hydrogen (secondary N) is 1. The van der Waals surface area contributed by atoms with Gasteiger partial charge in [-0.3, -0.25) is 0 Å². The van der Waals surface area contributed by atoms with Gasteiger partial charge < -0.3 is 5.32 Å². The Morgan fingerprint density at radius 3 is 2.24 bits per heavy atom. The number of hydrogen-bond acceptors (Lipinski definition) is 1. The fourth-order valence-electron chi connectivity index (χ4n) is 3.27. The van der Waals surface area contributed by atoms with Gasteiger partial charge in [-0.25, -0.2) is 0 Å². The van der Waals surface area contributed by atoms with Crippen molar-refractivity contribution in [2.45, 2.75) is 65.8 Å². The van der Waals surface area contributed by atoms with Crippen molar-refractivity contribution in [3.8, 4) is 0 Å². The van der Waals surface area contributed by atoms with Gasteiger partial charge in [-0.15, -0.1) is 6.58 Å². The van der Waals surface area contributed by atoms with Crippen LogP contribution in [-0.4, -0.2) is 12.6 Å². The minimum Gasteiger partial charge on any atom is -0.314 e. The summed E-state index contributed by atoms with van der Waals surface area (Å²) in [5.74, 6) is 1.79. The third-order valence-corrected chi connectivity index (χ3v) is 4.45. The third-order valence-electron chi connectivity index (χ3n) is 4.45. The molecule has 0 aromatic heterocycles. The van der Waals surface area contributed by atoms with Gasteiger partial charge in [0.25, 0.3) is 0 Å². The van der Waals surface area contributed by atoms with Crippen molar-refractivity contribution in [3.63, 3.8) is 0 Å². The van der Waals surface area contributed by atoms with E-state index in [2.05, 4.69) is 45.7 Å². The zero-order valence-corrected chi connectivity index (χ0v) is 12.3. The molecule has 0 spiro atoms. The molecule has 0 aromatic rings. The van der Waals surface area contributed by atoms with Crippen LogP contribution in [-0.2, 0) is 0 Å². The highest BCUT2D eigenvalue weighted by Gasteiger charge is 2.32. The van der Waals surface area contributed by atoms with E-state index >= 15 is 0 Å². The molecule has 0 radical (unpaired) electrons. The van der Waals surface area contributed by atoms with Gasteiger partial charge in [0.2, 0.25) is 0 Å². The molecule has 1 nitrogen and oxygen atoms in total. The molecule has 1 aliphatic rings. The van der Waals surface area contributed by atoms with Crippen molar-refractivity contribution in [3.05, 3.63) is 12.7 Å². The van der Waals surface area contributed by atoms with E-state index in [1.54, 1.807) is 0 Å². The van der Waals surface area contributed by atoms with Crippen molar-refractivity contribution < 1.29 is 0 Å². The standard InChI is InChI=1S/C16H31N/c1-6-8-15(17-7-2)13-9-11-14(12-10-13)16(3,4)5/h6,13-15,17H,1,7-12H2,2-5H3. The summed E-state index contributed by atoms with van der Waals surface area (Å²) in [4.78, 5) is 0. The molecule has 0 aliphatic heterocycles. The summed E-state index contributed by atoms with van der Waals surface area (Å²) in [6.45, 7) is 14.4. The Balaban J connectivity index is 2.46. The lowest BCUT2D eigenvalue weighted by atomic mass is 9.68. The summed E-state index contributed by atoms with van der Waals surface area (Å²) in [6.07, 6.45) is 8.81. The fourth-order valence-corrected chi connectivity index (χ4v) is 3.27. The lowest BCUT2D eigenvalue weighted by molar-refractivity contribution is 0.133. The lowest BCUT2D eigenvalue weighted by Crippen LogP contribution is -2.39. The van der Waals surface area contributed by atoms with E-state index in [1.165, 1.54) is 25.7 Å². The van der Waals surface area contributed by atoms with E-state index in [-0.39, 0.29) is 0 Å². The van der Waals surface area contributed by atoms with Crippen LogP contribution in [0, 0.1) is 17.3 Å². The molecule has 1 fully saturated rings. The first-order valence-corrected chi connectivity index (χ1v) is 7.33. The predicted octanol–water partition coefficient (Wildman–Crippen LogP) is 4.39. The van der Waals surface area contributed by atoms with Crippen molar-refractivity contribution >= 4 is 0 Å². The number of rotatable bonds is 5. The normalized spacial score (nSPS) is 27.8. The Kier molecular flexibility index (Phi) is 5.72. The predicted molar refractivity (Wildman–Crippen MR) is 77.2 cm³/mol. The summed E-state index contributed by atoms with van der Waals surface area (Å²) in [7, 11) is 0. The fraction of sp³-hybridized carbons (Fsp3) is 0.875. The van der Waals surface area contributed by atoms with Crippen LogP contribution in [0.3, 0.4) is 0 Å². The number of hydrogen-bond donors (Lipinski definition) is 1. The maximum absolute atomic E-state index is 3.89. The minimum absolute atomic E-state index is 0.497. The van der Waals surface area contributed by atoms with Gasteiger partial charge in [-0.1, -0.05) is 33.8 Å². The molecular formula is C16H31N. The van der Waals surface area contributed by atoms with Gasteiger partial charge in [-0.2, -0.15) is 0 Å². The molecule has 0 heterocycles. The summed E-state index contributed by atoms with van der Waals surface area (Å²) >= 11 is 0. The van der Waals surface area contributed by atoms with Gasteiger partial charge in [0.1, 0.15) is 0 Å². The van der Waals surface area contributed by atoms with Crippen LogP contribution in [0.25, 0.3) is 0 Å². The quantitative estimate of drug-likeness (QED) is 0.699. The summed E-state index contributed by atoms with van der Waals surface area (Å²) in [5.41, 5.74) is 0.497. The maximum atomic E-state index is 3.89.